The lowest BCUT2D eigenvalue weighted by atomic mass is 10.3. The molecule has 0 radical (unpaired) electrons. The Balaban J connectivity index is 2.84. The highest BCUT2D eigenvalue weighted by Crippen LogP contribution is 2.02. The average Bonchev–Trinajstić information content (AvgIpc) is 2.48. The number of aromatic nitrogens is 2. The summed E-state index contributed by atoms with van der Waals surface area (Å²) in [5.74, 6) is -0.113. The van der Waals surface area contributed by atoms with Crippen LogP contribution < -0.4 is 5.32 Å². The van der Waals surface area contributed by atoms with Crippen LogP contribution in [-0.4, -0.2) is 28.8 Å². The van der Waals surface area contributed by atoms with Gasteiger partial charge >= 0.3 is 0 Å². The minimum Gasteiger partial charge on any atom is -0.358 e. The maximum Gasteiger partial charge on any atom is 0.239 e. The Hall–Kier alpha value is -1.65. The van der Waals surface area contributed by atoms with E-state index in [9.17, 15) is 9.59 Å². The molecule has 0 saturated heterocycles. The number of nitrogens with one attached hydrogen (secondary N) is 1. The number of likely N-dealkylation sites (N-methyl/N-ethyl adjacent to an activating group) is 1. The van der Waals surface area contributed by atoms with Crippen molar-refractivity contribution in [1.82, 2.24) is 14.9 Å². The van der Waals surface area contributed by atoms with Crippen LogP contribution in [-0.2, 0) is 11.3 Å². The summed E-state index contributed by atoms with van der Waals surface area (Å²) in [6, 6.07) is 0. The van der Waals surface area contributed by atoms with E-state index in [1.807, 2.05) is 0 Å². The highest BCUT2D eigenvalue weighted by molar-refractivity contribution is 5.76. The Bertz CT molecular complexity index is 330. The van der Waals surface area contributed by atoms with Crippen molar-refractivity contribution in [3.8, 4) is 0 Å². The fraction of sp³-hybridized carbons (Fsp3) is 0.375. The Labute approximate surface area is 75.8 Å². The third-order valence-corrected chi connectivity index (χ3v) is 1.84. The molecule has 0 atom stereocenters. The van der Waals surface area contributed by atoms with Crippen LogP contribution in [0.3, 0.4) is 0 Å². The van der Waals surface area contributed by atoms with E-state index >= 15 is 0 Å². The summed E-state index contributed by atoms with van der Waals surface area (Å²) in [5, 5.41) is 2.49. The Kier molecular flexibility index (Phi) is 2.79. The van der Waals surface area contributed by atoms with Crippen molar-refractivity contribution >= 4 is 12.2 Å². The molecule has 1 heterocycles. The van der Waals surface area contributed by atoms with Crippen molar-refractivity contribution in [3.63, 3.8) is 0 Å². The molecule has 0 aliphatic heterocycles. The average molecular weight is 181 g/mol. The summed E-state index contributed by atoms with van der Waals surface area (Å²) >= 11 is 0. The van der Waals surface area contributed by atoms with Gasteiger partial charge in [0.2, 0.25) is 5.91 Å². The van der Waals surface area contributed by atoms with Crippen LogP contribution in [0, 0.1) is 6.92 Å². The third-order valence-electron chi connectivity index (χ3n) is 1.84. The number of nitrogens with zero attached hydrogens (tertiary/aromatic N) is 2. The first-order chi connectivity index (χ1) is 6.19. The number of imidazole rings is 1. The molecule has 0 aliphatic carbocycles. The second-order valence-corrected chi connectivity index (χ2v) is 2.63. The molecular formula is C8H11N3O2. The number of hydrogen-bond donors (Lipinski definition) is 1. The molecule has 13 heavy (non-hydrogen) atoms. The maximum absolute atomic E-state index is 11.0. The summed E-state index contributed by atoms with van der Waals surface area (Å²) in [6.45, 7) is 1.95. The second kappa shape index (κ2) is 3.84. The predicted octanol–water partition coefficient (Wildman–Crippen LogP) is -0.250. The molecule has 0 aromatic carbocycles. The van der Waals surface area contributed by atoms with Crippen molar-refractivity contribution in [2.24, 2.45) is 0 Å². The quantitative estimate of drug-likeness (QED) is 0.654. The lowest BCUT2D eigenvalue weighted by molar-refractivity contribution is -0.121. The van der Waals surface area contributed by atoms with Gasteiger partial charge in [0, 0.05) is 12.7 Å². The molecule has 0 saturated carbocycles. The predicted molar refractivity (Wildman–Crippen MR) is 46.4 cm³/mol. The standard InChI is InChI=1S/C8H11N3O2/c1-6-7(4-12)10-5-11(6)3-8(13)9-2/h4-5H,3H2,1-2H3,(H,9,13). The zero-order chi connectivity index (χ0) is 9.84. The van der Waals surface area contributed by atoms with E-state index in [-0.39, 0.29) is 12.5 Å². The SMILES string of the molecule is CNC(=O)Cn1cnc(C=O)c1C. The van der Waals surface area contributed by atoms with Crippen LogP contribution in [0.1, 0.15) is 16.2 Å². The van der Waals surface area contributed by atoms with E-state index in [1.54, 1.807) is 18.5 Å². The minimum absolute atomic E-state index is 0.113. The molecule has 5 heteroatoms. The zero-order valence-corrected chi connectivity index (χ0v) is 7.57. The van der Waals surface area contributed by atoms with Gasteiger partial charge in [0.1, 0.15) is 12.2 Å². The molecule has 1 rings (SSSR count). The highest BCUT2D eigenvalue weighted by atomic mass is 16.1. The third kappa shape index (κ3) is 1.93. The highest BCUT2D eigenvalue weighted by Gasteiger charge is 2.07. The van der Waals surface area contributed by atoms with Gasteiger partial charge in [-0.15, -0.1) is 0 Å². The van der Waals surface area contributed by atoms with E-state index in [2.05, 4.69) is 10.3 Å². The zero-order valence-electron chi connectivity index (χ0n) is 7.57. The molecule has 1 aromatic heterocycles. The molecule has 5 nitrogen and oxygen atoms in total. The number of rotatable bonds is 3. The Morgan fingerprint density at radius 3 is 2.92 bits per heavy atom. The van der Waals surface area contributed by atoms with E-state index in [0.717, 1.165) is 0 Å². The number of carbonyl (C=O) groups is 2. The molecule has 1 aromatic rings. The van der Waals surface area contributed by atoms with Gasteiger partial charge in [0.25, 0.3) is 0 Å². The molecule has 0 bridgehead atoms. The minimum atomic E-state index is -0.113. The normalized spacial score (nSPS) is 9.69. The molecule has 0 unspecified atom stereocenters. The van der Waals surface area contributed by atoms with Crippen molar-refractivity contribution in [2.45, 2.75) is 13.5 Å². The molecule has 1 amide bonds. The Morgan fingerprint density at radius 1 is 1.77 bits per heavy atom. The molecule has 1 N–H and O–H groups in total. The van der Waals surface area contributed by atoms with Crippen LogP contribution in [0.2, 0.25) is 0 Å². The second-order valence-electron chi connectivity index (χ2n) is 2.63. The maximum atomic E-state index is 11.0. The van der Waals surface area contributed by atoms with Gasteiger partial charge in [-0.3, -0.25) is 9.59 Å². The van der Waals surface area contributed by atoms with Crippen molar-refractivity contribution in [1.29, 1.82) is 0 Å². The summed E-state index contributed by atoms with van der Waals surface area (Å²) < 4.78 is 1.63. The monoisotopic (exact) mass is 181 g/mol. The number of carbonyl (C=O) groups excluding carboxylic acids is 2. The number of hydrogen-bond acceptors (Lipinski definition) is 3. The van der Waals surface area contributed by atoms with Gasteiger partial charge in [-0.1, -0.05) is 0 Å². The fourth-order valence-corrected chi connectivity index (χ4v) is 0.968. The van der Waals surface area contributed by atoms with Gasteiger partial charge in [0.05, 0.1) is 6.33 Å². The van der Waals surface area contributed by atoms with Crippen LogP contribution in [0.25, 0.3) is 0 Å². The Morgan fingerprint density at radius 2 is 2.46 bits per heavy atom. The summed E-state index contributed by atoms with van der Waals surface area (Å²) in [7, 11) is 1.56. The van der Waals surface area contributed by atoms with E-state index < -0.39 is 0 Å². The van der Waals surface area contributed by atoms with E-state index in [4.69, 9.17) is 0 Å². The van der Waals surface area contributed by atoms with Gasteiger partial charge in [-0.25, -0.2) is 4.98 Å². The number of aldehydes is 1. The van der Waals surface area contributed by atoms with Gasteiger partial charge in [-0.05, 0) is 6.92 Å². The van der Waals surface area contributed by atoms with Crippen molar-refractivity contribution in [3.05, 3.63) is 17.7 Å². The van der Waals surface area contributed by atoms with Crippen molar-refractivity contribution in [2.75, 3.05) is 7.05 Å². The smallest absolute Gasteiger partial charge is 0.239 e. The summed E-state index contributed by atoms with van der Waals surface area (Å²) in [6.07, 6.45) is 2.16. The molecule has 0 aliphatic rings. The first-order valence-corrected chi connectivity index (χ1v) is 3.86. The lowest BCUT2D eigenvalue weighted by Gasteiger charge is -2.02. The summed E-state index contributed by atoms with van der Waals surface area (Å²) in [4.78, 5) is 25.2. The van der Waals surface area contributed by atoms with Crippen LogP contribution in [0.15, 0.2) is 6.33 Å². The summed E-state index contributed by atoms with van der Waals surface area (Å²) in [5.41, 5.74) is 1.09. The van der Waals surface area contributed by atoms with Crippen LogP contribution in [0.5, 0.6) is 0 Å². The van der Waals surface area contributed by atoms with Gasteiger partial charge in [-0.2, -0.15) is 0 Å². The molecule has 0 spiro atoms. The first kappa shape index (κ1) is 9.44. The van der Waals surface area contributed by atoms with Gasteiger partial charge < -0.3 is 9.88 Å². The molecule has 70 valence electrons. The topological polar surface area (TPSA) is 64.0 Å². The largest absolute Gasteiger partial charge is 0.358 e. The fourth-order valence-electron chi connectivity index (χ4n) is 0.968. The lowest BCUT2D eigenvalue weighted by Crippen LogP contribution is -2.23. The van der Waals surface area contributed by atoms with Gasteiger partial charge in [0.15, 0.2) is 6.29 Å². The van der Waals surface area contributed by atoms with Crippen molar-refractivity contribution < 1.29 is 9.59 Å². The van der Waals surface area contributed by atoms with E-state index in [1.165, 1.54) is 6.33 Å². The first-order valence-electron chi connectivity index (χ1n) is 3.86. The molecule has 0 fully saturated rings. The van der Waals surface area contributed by atoms with Crippen LogP contribution >= 0.6 is 0 Å². The molecular weight excluding hydrogens is 170 g/mol. The van der Waals surface area contributed by atoms with E-state index in [0.29, 0.717) is 17.7 Å². The number of amides is 1. The van der Waals surface area contributed by atoms with Crippen LogP contribution in [0.4, 0.5) is 0 Å².